The minimum absolute atomic E-state index is 0.0897. The summed E-state index contributed by atoms with van der Waals surface area (Å²) in [6.07, 6.45) is 5.01. The van der Waals surface area contributed by atoms with Gasteiger partial charge in [-0.25, -0.2) is 4.79 Å². The maximum atomic E-state index is 11.8. The van der Waals surface area contributed by atoms with Gasteiger partial charge in [0.2, 0.25) is 0 Å². The average molecular weight is 352 g/mol. The molecule has 6 atom stereocenters. The highest BCUT2D eigenvalue weighted by atomic mass is 16.4. The summed E-state index contributed by atoms with van der Waals surface area (Å²) in [5.74, 6) is -1.10. The Balaban J connectivity index is 2.29. The standard InChI is InChI=1S/C20H32O5/c1-12(9-17(22)23)5-7-19(3)13(2)6-8-20(4)15(18(24)25)10-14(21)11-16(19)20/h10,12-14,16,21H,5-9,11H2,1-4H3,(H,22,23)(H,24,25). The number of hydrogen-bond acceptors (Lipinski definition) is 3. The highest BCUT2D eigenvalue weighted by Gasteiger charge is 2.56. The zero-order chi connectivity index (χ0) is 19.0. The Bertz CT molecular complexity index is 568. The molecule has 25 heavy (non-hydrogen) atoms. The minimum atomic E-state index is -0.928. The highest BCUT2D eigenvalue weighted by Crippen LogP contribution is 2.62. The number of carboxylic acids is 2. The first-order chi connectivity index (χ1) is 11.5. The molecular weight excluding hydrogens is 320 g/mol. The van der Waals surface area contributed by atoms with Crippen molar-refractivity contribution in [2.45, 2.75) is 72.3 Å². The van der Waals surface area contributed by atoms with Crippen molar-refractivity contribution in [2.75, 3.05) is 0 Å². The van der Waals surface area contributed by atoms with E-state index in [0.717, 1.165) is 25.7 Å². The summed E-state index contributed by atoms with van der Waals surface area (Å²) in [5, 5.41) is 28.9. The van der Waals surface area contributed by atoms with Crippen molar-refractivity contribution in [3.05, 3.63) is 11.6 Å². The molecule has 0 bridgehead atoms. The van der Waals surface area contributed by atoms with Crippen LogP contribution in [-0.2, 0) is 9.59 Å². The number of aliphatic hydroxyl groups is 1. The van der Waals surface area contributed by atoms with Crippen molar-refractivity contribution in [3.63, 3.8) is 0 Å². The molecule has 0 aliphatic heterocycles. The molecule has 2 aliphatic carbocycles. The predicted molar refractivity (Wildman–Crippen MR) is 95.1 cm³/mol. The molecule has 0 aromatic rings. The van der Waals surface area contributed by atoms with Crippen LogP contribution in [0, 0.1) is 28.6 Å². The van der Waals surface area contributed by atoms with Gasteiger partial charge >= 0.3 is 11.9 Å². The first-order valence-electron chi connectivity index (χ1n) is 9.36. The van der Waals surface area contributed by atoms with E-state index < -0.39 is 23.5 Å². The van der Waals surface area contributed by atoms with Crippen LogP contribution in [0.1, 0.15) is 66.2 Å². The quantitative estimate of drug-likeness (QED) is 0.677. The van der Waals surface area contributed by atoms with Gasteiger partial charge in [-0.15, -0.1) is 0 Å². The highest BCUT2D eigenvalue weighted by molar-refractivity contribution is 5.88. The Kier molecular flexibility index (Phi) is 5.67. The molecule has 142 valence electrons. The lowest BCUT2D eigenvalue weighted by Crippen LogP contribution is -2.53. The van der Waals surface area contributed by atoms with Gasteiger partial charge in [0.1, 0.15) is 0 Å². The number of fused-ring (bicyclic) bond motifs is 1. The van der Waals surface area contributed by atoms with Crippen LogP contribution in [-0.4, -0.2) is 33.4 Å². The molecule has 0 aromatic carbocycles. The fourth-order valence-corrected chi connectivity index (χ4v) is 5.33. The van der Waals surface area contributed by atoms with Crippen LogP contribution in [0.25, 0.3) is 0 Å². The molecule has 0 heterocycles. The van der Waals surface area contributed by atoms with Gasteiger partial charge < -0.3 is 15.3 Å². The molecule has 1 saturated carbocycles. The number of hydrogen-bond donors (Lipinski definition) is 3. The van der Waals surface area contributed by atoms with Crippen molar-refractivity contribution in [3.8, 4) is 0 Å². The van der Waals surface area contributed by atoms with E-state index in [1.54, 1.807) is 0 Å². The first-order valence-corrected chi connectivity index (χ1v) is 9.36. The molecule has 1 fully saturated rings. The van der Waals surface area contributed by atoms with Crippen molar-refractivity contribution in [1.29, 1.82) is 0 Å². The predicted octanol–water partition coefficient (Wildman–Crippen LogP) is 3.71. The Morgan fingerprint density at radius 1 is 1.32 bits per heavy atom. The second-order valence-corrected chi connectivity index (χ2v) is 8.85. The monoisotopic (exact) mass is 352 g/mol. The van der Waals surface area contributed by atoms with E-state index in [4.69, 9.17) is 5.11 Å². The first kappa shape index (κ1) is 20.0. The third kappa shape index (κ3) is 3.76. The van der Waals surface area contributed by atoms with Crippen LogP contribution < -0.4 is 0 Å². The van der Waals surface area contributed by atoms with Crippen molar-refractivity contribution < 1.29 is 24.9 Å². The van der Waals surface area contributed by atoms with Crippen molar-refractivity contribution >= 4 is 11.9 Å². The maximum absolute atomic E-state index is 11.8. The number of carboxylic acid groups (broad SMARTS) is 2. The second-order valence-electron chi connectivity index (χ2n) is 8.85. The fourth-order valence-electron chi connectivity index (χ4n) is 5.33. The average Bonchev–Trinajstić information content (AvgIpc) is 2.50. The van der Waals surface area contributed by atoms with Crippen LogP contribution >= 0.6 is 0 Å². The van der Waals surface area contributed by atoms with Gasteiger partial charge in [-0.3, -0.25) is 4.79 Å². The Hall–Kier alpha value is -1.36. The summed E-state index contributed by atoms with van der Waals surface area (Å²) < 4.78 is 0. The van der Waals surface area contributed by atoms with E-state index >= 15 is 0 Å². The van der Waals surface area contributed by atoms with E-state index in [2.05, 4.69) is 13.8 Å². The Morgan fingerprint density at radius 3 is 2.52 bits per heavy atom. The van der Waals surface area contributed by atoms with Gasteiger partial charge in [-0.2, -0.15) is 0 Å². The Morgan fingerprint density at radius 2 is 1.96 bits per heavy atom. The molecule has 0 aromatic heterocycles. The number of aliphatic carboxylic acids is 2. The van der Waals surface area contributed by atoms with Crippen LogP contribution in [0.3, 0.4) is 0 Å². The van der Waals surface area contributed by atoms with Gasteiger partial charge in [0, 0.05) is 17.4 Å². The van der Waals surface area contributed by atoms with E-state index in [1.807, 2.05) is 13.8 Å². The van der Waals surface area contributed by atoms with Crippen LogP contribution in [0.2, 0.25) is 0 Å². The van der Waals surface area contributed by atoms with Crippen LogP contribution in [0.4, 0.5) is 0 Å². The largest absolute Gasteiger partial charge is 0.481 e. The molecule has 0 saturated heterocycles. The van der Waals surface area contributed by atoms with Gasteiger partial charge in [0.25, 0.3) is 0 Å². The third-order valence-corrected chi connectivity index (χ3v) is 7.17. The maximum Gasteiger partial charge on any atom is 0.331 e. The fraction of sp³-hybridized carbons (Fsp3) is 0.800. The van der Waals surface area contributed by atoms with Crippen molar-refractivity contribution in [2.24, 2.45) is 28.6 Å². The lowest BCUT2D eigenvalue weighted by atomic mass is 9.46. The Labute approximate surface area is 150 Å². The van der Waals surface area contributed by atoms with E-state index in [1.165, 1.54) is 6.08 Å². The SMILES string of the molecule is CC(CCC1(C)C(C)CCC2(C)C(C(=O)O)=CC(O)CC21)CC(=O)O. The van der Waals surface area contributed by atoms with E-state index in [9.17, 15) is 19.8 Å². The summed E-state index contributed by atoms with van der Waals surface area (Å²) >= 11 is 0. The summed E-state index contributed by atoms with van der Waals surface area (Å²) in [6.45, 7) is 8.42. The zero-order valence-electron chi connectivity index (χ0n) is 15.8. The second kappa shape index (κ2) is 7.10. The van der Waals surface area contributed by atoms with Crippen LogP contribution in [0.15, 0.2) is 11.6 Å². The number of aliphatic hydroxyl groups excluding tert-OH is 1. The molecule has 2 rings (SSSR count). The summed E-state index contributed by atoms with van der Waals surface area (Å²) in [6, 6.07) is 0. The minimum Gasteiger partial charge on any atom is -0.481 e. The topological polar surface area (TPSA) is 94.8 Å². The molecule has 3 N–H and O–H groups in total. The molecule has 6 unspecified atom stereocenters. The normalized spacial score (nSPS) is 39.2. The van der Waals surface area contributed by atoms with Gasteiger partial charge in [-0.1, -0.05) is 27.7 Å². The molecule has 0 amide bonds. The zero-order valence-corrected chi connectivity index (χ0v) is 15.8. The van der Waals surface area contributed by atoms with Gasteiger partial charge in [-0.05, 0) is 61.3 Å². The molecule has 5 nitrogen and oxygen atoms in total. The summed E-state index contributed by atoms with van der Waals surface area (Å²) in [5.41, 5.74) is -0.175. The van der Waals surface area contributed by atoms with Gasteiger partial charge in [0.05, 0.1) is 6.10 Å². The summed E-state index contributed by atoms with van der Waals surface area (Å²) in [7, 11) is 0. The lowest BCUT2D eigenvalue weighted by molar-refractivity contribution is -0.140. The third-order valence-electron chi connectivity index (χ3n) is 7.17. The number of rotatable bonds is 6. The molecule has 0 spiro atoms. The lowest BCUT2D eigenvalue weighted by Gasteiger charge is -2.58. The molecule has 5 heteroatoms. The summed E-state index contributed by atoms with van der Waals surface area (Å²) in [4.78, 5) is 22.7. The van der Waals surface area contributed by atoms with Crippen LogP contribution in [0.5, 0.6) is 0 Å². The van der Waals surface area contributed by atoms with E-state index in [0.29, 0.717) is 17.9 Å². The molecular formula is C20H32O5. The smallest absolute Gasteiger partial charge is 0.331 e. The van der Waals surface area contributed by atoms with Gasteiger partial charge in [0.15, 0.2) is 0 Å². The van der Waals surface area contributed by atoms with E-state index in [-0.39, 0.29) is 23.7 Å². The molecule has 0 radical (unpaired) electrons. The number of carbonyl (C=O) groups is 2. The molecule has 2 aliphatic rings. The van der Waals surface area contributed by atoms with Crippen molar-refractivity contribution in [1.82, 2.24) is 0 Å².